The largest absolute Gasteiger partial charge is 0.484 e. The van der Waals surface area contributed by atoms with Crippen LogP contribution in [-0.4, -0.2) is 25.9 Å². The molecule has 2 heterocycles. The van der Waals surface area contributed by atoms with Crippen LogP contribution < -0.4 is 9.47 Å². The predicted molar refractivity (Wildman–Crippen MR) is 112 cm³/mol. The zero-order chi connectivity index (χ0) is 21.8. The summed E-state index contributed by atoms with van der Waals surface area (Å²) < 4.78 is 18.0. The molecule has 0 saturated heterocycles. The molecular formula is C23H22N4O4. The Labute approximate surface area is 179 Å². The molecule has 0 N–H and O–H groups in total. The quantitative estimate of drug-likeness (QED) is 0.330. The average Bonchev–Trinajstić information content (AvgIpc) is 3.32. The Morgan fingerprint density at radius 2 is 1.71 bits per heavy atom. The van der Waals surface area contributed by atoms with Gasteiger partial charge in [-0.25, -0.2) is 4.79 Å². The van der Waals surface area contributed by atoms with Crippen LogP contribution >= 0.6 is 0 Å². The van der Waals surface area contributed by atoms with Crippen molar-refractivity contribution in [3.8, 4) is 11.5 Å². The molecule has 31 heavy (non-hydrogen) atoms. The molecule has 0 amide bonds. The van der Waals surface area contributed by atoms with Gasteiger partial charge in [0.1, 0.15) is 11.5 Å². The molecule has 8 heteroatoms. The number of hydrogen-bond donors (Lipinski definition) is 0. The number of ether oxygens (including phenoxy) is 2. The summed E-state index contributed by atoms with van der Waals surface area (Å²) in [6.45, 7) is 6.55. The summed E-state index contributed by atoms with van der Waals surface area (Å²) in [6.07, 6.45) is 0. The predicted octanol–water partition coefficient (Wildman–Crippen LogP) is 4.04. The molecule has 0 aliphatic heterocycles. The van der Waals surface area contributed by atoms with Crippen molar-refractivity contribution < 1.29 is 18.8 Å². The summed E-state index contributed by atoms with van der Waals surface area (Å²) in [5.41, 5.74) is 3.62. The first-order chi connectivity index (χ1) is 15.0. The third kappa shape index (κ3) is 5.16. The summed E-state index contributed by atoms with van der Waals surface area (Å²) in [6, 6.07) is 16.1. The molecule has 158 valence electrons. The van der Waals surface area contributed by atoms with Crippen molar-refractivity contribution in [2.24, 2.45) is 0 Å². The maximum atomic E-state index is 12.4. The van der Waals surface area contributed by atoms with Crippen molar-refractivity contribution in [3.63, 3.8) is 0 Å². The number of carbonyl (C=O) groups is 1. The second-order valence-corrected chi connectivity index (χ2v) is 7.17. The van der Waals surface area contributed by atoms with Crippen LogP contribution in [0.1, 0.15) is 39.0 Å². The van der Waals surface area contributed by atoms with Gasteiger partial charge >= 0.3 is 5.97 Å². The van der Waals surface area contributed by atoms with Gasteiger partial charge in [0.05, 0.1) is 17.8 Å². The van der Waals surface area contributed by atoms with E-state index in [2.05, 4.69) is 15.2 Å². The van der Waals surface area contributed by atoms with Crippen molar-refractivity contribution in [2.75, 3.05) is 0 Å². The first kappa shape index (κ1) is 20.3. The van der Waals surface area contributed by atoms with Gasteiger partial charge in [-0.05, 0) is 68.8 Å². The molecule has 2 aromatic carbocycles. The summed E-state index contributed by atoms with van der Waals surface area (Å²) in [7, 11) is 0. The van der Waals surface area contributed by atoms with Crippen molar-refractivity contribution in [1.29, 1.82) is 0 Å². The van der Waals surface area contributed by atoms with E-state index in [1.165, 1.54) is 0 Å². The second kappa shape index (κ2) is 8.83. The Morgan fingerprint density at radius 1 is 1.00 bits per heavy atom. The first-order valence-corrected chi connectivity index (χ1v) is 9.80. The first-order valence-electron chi connectivity index (χ1n) is 9.80. The molecule has 0 fully saturated rings. The third-order valence-electron chi connectivity index (χ3n) is 4.59. The van der Waals surface area contributed by atoms with Gasteiger partial charge in [0, 0.05) is 5.69 Å². The van der Waals surface area contributed by atoms with Gasteiger partial charge in [-0.15, -0.1) is 0 Å². The smallest absolute Gasteiger partial charge is 0.343 e. The Hall–Kier alpha value is -3.94. The van der Waals surface area contributed by atoms with Gasteiger partial charge in [0.25, 0.3) is 5.89 Å². The highest BCUT2D eigenvalue weighted by atomic mass is 16.5. The number of benzene rings is 2. The lowest BCUT2D eigenvalue weighted by atomic mass is 10.1. The molecule has 4 rings (SSSR count). The number of aryl methyl sites for hydroxylation is 3. The minimum Gasteiger partial charge on any atom is -0.484 e. The van der Waals surface area contributed by atoms with Crippen molar-refractivity contribution >= 4 is 5.97 Å². The molecule has 0 spiro atoms. The van der Waals surface area contributed by atoms with E-state index in [1.54, 1.807) is 43.3 Å². The number of hydrogen-bond acceptors (Lipinski definition) is 7. The summed E-state index contributed by atoms with van der Waals surface area (Å²) in [5, 5.41) is 8.17. The van der Waals surface area contributed by atoms with E-state index in [-0.39, 0.29) is 6.61 Å². The monoisotopic (exact) mass is 418 g/mol. The van der Waals surface area contributed by atoms with Crippen molar-refractivity contribution in [3.05, 3.63) is 88.8 Å². The van der Waals surface area contributed by atoms with Crippen LogP contribution in [0.5, 0.6) is 11.5 Å². The molecular weight excluding hydrogens is 396 g/mol. The van der Waals surface area contributed by atoms with Crippen LogP contribution in [0.2, 0.25) is 0 Å². The number of nitrogens with zero attached hydrogens (tertiary/aromatic N) is 4. The Morgan fingerprint density at radius 3 is 2.32 bits per heavy atom. The van der Waals surface area contributed by atoms with Gasteiger partial charge in [-0.3, -0.25) is 4.68 Å². The standard InChI is InChI=1S/C23H22N4O4/c1-15-12-16(2)27(25-15)13-18-4-6-19(7-5-18)23(28)30-21-10-8-20(9-11-21)29-14-22-24-17(3)26-31-22/h4-12H,13-14H2,1-3H3. The average molecular weight is 418 g/mol. The molecule has 4 aromatic rings. The van der Waals surface area contributed by atoms with Gasteiger partial charge in [0.15, 0.2) is 12.4 Å². The van der Waals surface area contributed by atoms with E-state index in [0.717, 1.165) is 17.0 Å². The molecule has 0 bridgehead atoms. The number of carbonyl (C=O) groups excluding carboxylic acids is 1. The summed E-state index contributed by atoms with van der Waals surface area (Å²) in [4.78, 5) is 16.5. The second-order valence-electron chi connectivity index (χ2n) is 7.17. The third-order valence-corrected chi connectivity index (χ3v) is 4.59. The minimum absolute atomic E-state index is 0.171. The van der Waals surface area contributed by atoms with Crippen LogP contribution in [0.3, 0.4) is 0 Å². The molecule has 0 aliphatic carbocycles. The number of rotatable bonds is 7. The Kier molecular flexibility index (Phi) is 5.79. The molecule has 0 unspecified atom stereocenters. The van der Waals surface area contributed by atoms with Gasteiger partial charge < -0.3 is 14.0 Å². The highest BCUT2D eigenvalue weighted by molar-refractivity contribution is 5.91. The Bertz CT molecular complexity index is 1180. The normalized spacial score (nSPS) is 10.8. The Balaban J connectivity index is 1.32. The topological polar surface area (TPSA) is 92.3 Å². The van der Waals surface area contributed by atoms with E-state index in [4.69, 9.17) is 14.0 Å². The fourth-order valence-corrected chi connectivity index (χ4v) is 3.07. The van der Waals surface area contributed by atoms with E-state index in [1.807, 2.05) is 36.7 Å². The zero-order valence-corrected chi connectivity index (χ0v) is 17.5. The highest BCUT2D eigenvalue weighted by Crippen LogP contribution is 2.20. The molecule has 8 nitrogen and oxygen atoms in total. The summed E-state index contributed by atoms with van der Waals surface area (Å²) >= 11 is 0. The van der Waals surface area contributed by atoms with Crippen LogP contribution in [-0.2, 0) is 13.2 Å². The lowest BCUT2D eigenvalue weighted by molar-refractivity contribution is 0.0734. The minimum atomic E-state index is -0.423. The fourth-order valence-electron chi connectivity index (χ4n) is 3.07. The maximum Gasteiger partial charge on any atom is 0.343 e. The molecule has 0 aliphatic rings. The zero-order valence-electron chi connectivity index (χ0n) is 17.5. The van der Waals surface area contributed by atoms with Crippen LogP contribution in [0.4, 0.5) is 0 Å². The van der Waals surface area contributed by atoms with E-state index >= 15 is 0 Å². The summed E-state index contributed by atoms with van der Waals surface area (Å²) in [5.74, 6) is 1.56. The fraction of sp³-hybridized carbons (Fsp3) is 0.217. The van der Waals surface area contributed by atoms with Gasteiger partial charge in [-0.2, -0.15) is 10.1 Å². The number of aromatic nitrogens is 4. The van der Waals surface area contributed by atoms with Crippen molar-refractivity contribution in [1.82, 2.24) is 19.9 Å². The van der Waals surface area contributed by atoms with E-state index in [9.17, 15) is 4.79 Å². The van der Waals surface area contributed by atoms with Gasteiger partial charge in [0.2, 0.25) is 0 Å². The van der Waals surface area contributed by atoms with Crippen LogP contribution in [0.25, 0.3) is 0 Å². The van der Waals surface area contributed by atoms with Crippen LogP contribution in [0.15, 0.2) is 59.1 Å². The highest BCUT2D eigenvalue weighted by Gasteiger charge is 2.10. The van der Waals surface area contributed by atoms with Crippen LogP contribution in [0, 0.1) is 20.8 Å². The lowest BCUT2D eigenvalue weighted by Crippen LogP contribution is -2.09. The lowest BCUT2D eigenvalue weighted by Gasteiger charge is -2.08. The molecule has 0 atom stereocenters. The van der Waals surface area contributed by atoms with E-state index < -0.39 is 5.97 Å². The van der Waals surface area contributed by atoms with E-state index in [0.29, 0.717) is 35.3 Å². The molecule has 2 aromatic heterocycles. The van der Waals surface area contributed by atoms with Crippen molar-refractivity contribution in [2.45, 2.75) is 33.9 Å². The number of esters is 1. The molecule has 0 saturated carbocycles. The molecule has 0 radical (unpaired) electrons. The maximum absolute atomic E-state index is 12.4. The van der Waals surface area contributed by atoms with Gasteiger partial charge in [-0.1, -0.05) is 17.3 Å². The SMILES string of the molecule is Cc1cc(C)n(Cc2ccc(C(=O)Oc3ccc(OCc4nc(C)no4)cc3)cc2)n1.